The van der Waals surface area contributed by atoms with Gasteiger partial charge < -0.3 is 15.1 Å². The molecule has 2 heterocycles. The van der Waals surface area contributed by atoms with Crippen molar-refractivity contribution >= 4 is 29.9 Å². The lowest BCUT2D eigenvalue weighted by molar-refractivity contribution is 0.504. The summed E-state index contributed by atoms with van der Waals surface area (Å²) in [6.07, 6.45) is 1.55. The van der Waals surface area contributed by atoms with Gasteiger partial charge in [0.15, 0.2) is 23.4 Å². The first-order valence-electron chi connectivity index (χ1n) is 8.51. The van der Waals surface area contributed by atoms with E-state index in [0.29, 0.717) is 35.5 Å². The number of hydrogen-bond donors (Lipinski definition) is 3. The van der Waals surface area contributed by atoms with E-state index in [9.17, 15) is 8.78 Å². The predicted octanol–water partition coefficient (Wildman–Crippen LogP) is 3.78. The molecule has 0 spiro atoms. The number of halogens is 3. The smallest absolute Gasteiger partial charge is 0.216 e. The molecule has 0 aliphatic carbocycles. The van der Waals surface area contributed by atoms with E-state index < -0.39 is 11.6 Å². The number of aromatic amines is 1. The molecule has 0 saturated heterocycles. The van der Waals surface area contributed by atoms with Crippen LogP contribution >= 0.6 is 24.0 Å². The van der Waals surface area contributed by atoms with Crippen LogP contribution in [0.15, 0.2) is 46.0 Å². The minimum atomic E-state index is -0.879. The second-order valence-electron chi connectivity index (χ2n) is 5.82. The van der Waals surface area contributed by atoms with Crippen molar-refractivity contribution in [1.82, 2.24) is 25.8 Å². The summed E-state index contributed by atoms with van der Waals surface area (Å²) in [5.74, 6) is 0.362. The van der Waals surface area contributed by atoms with Crippen molar-refractivity contribution in [2.24, 2.45) is 4.99 Å². The van der Waals surface area contributed by atoms with Crippen LogP contribution in [0.2, 0.25) is 0 Å². The number of guanidine groups is 1. The first-order valence-corrected chi connectivity index (χ1v) is 8.51. The Hall–Kier alpha value is -2.50. The van der Waals surface area contributed by atoms with E-state index in [1.54, 1.807) is 18.4 Å². The van der Waals surface area contributed by atoms with E-state index in [1.165, 1.54) is 12.1 Å². The van der Waals surface area contributed by atoms with Crippen molar-refractivity contribution in [1.29, 1.82) is 0 Å². The molecule has 0 amide bonds. The maximum atomic E-state index is 13.4. The second-order valence-corrected chi connectivity index (χ2v) is 5.82. The third kappa shape index (κ3) is 5.50. The molecule has 0 fully saturated rings. The molecule has 7 nitrogen and oxygen atoms in total. The van der Waals surface area contributed by atoms with Crippen LogP contribution in [-0.2, 0) is 6.54 Å². The van der Waals surface area contributed by atoms with Gasteiger partial charge in [-0.1, -0.05) is 6.07 Å². The third-order valence-corrected chi connectivity index (χ3v) is 3.80. The number of rotatable bonds is 6. The topological polar surface area (TPSA) is 91.1 Å². The van der Waals surface area contributed by atoms with Crippen molar-refractivity contribution < 1.29 is 13.2 Å². The SMILES string of the molecule is CCNC(=NCc1nc(-c2ccco2)n[nH]1)NC(C)c1ccc(F)c(F)c1.I. The highest BCUT2D eigenvalue weighted by Crippen LogP contribution is 2.16. The van der Waals surface area contributed by atoms with Gasteiger partial charge in [-0.05, 0) is 43.7 Å². The lowest BCUT2D eigenvalue weighted by atomic mass is 10.1. The van der Waals surface area contributed by atoms with Gasteiger partial charge in [-0.15, -0.1) is 29.1 Å². The number of hydrogen-bond acceptors (Lipinski definition) is 4. The summed E-state index contributed by atoms with van der Waals surface area (Å²) in [5.41, 5.74) is 0.610. The van der Waals surface area contributed by atoms with E-state index in [-0.39, 0.29) is 36.6 Å². The fourth-order valence-corrected chi connectivity index (χ4v) is 2.43. The monoisotopic (exact) mass is 502 g/mol. The summed E-state index contributed by atoms with van der Waals surface area (Å²) in [6.45, 7) is 4.67. The van der Waals surface area contributed by atoms with Crippen LogP contribution in [0.4, 0.5) is 8.78 Å². The van der Waals surface area contributed by atoms with Gasteiger partial charge >= 0.3 is 0 Å². The lowest BCUT2D eigenvalue weighted by Gasteiger charge is -2.18. The number of aromatic nitrogens is 3. The second kappa shape index (κ2) is 10.2. The Morgan fingerprint density at radius 2 is 2.11 bits per heavy atom. The first kappa shape index (κ1) is 21.8. The van der Waals surface area contributed by atoms with Crippen LogP contribution in [0, 0.1) is 11.6 Å². The number of furan rings is 1. The predicted molar refractivity (Wildman–Crippen MR) is 112 cm³/mol. The quantitative estimate of drug-likeness (QED) is 0.271. The van der Waals surface area contributed by atoms with Gasteiger partial charge in [0.25, 0.3) is 0 Å². The zero-order valence-electron chi connectivity index (χ0n) is 15.4. The van der Waals surface area contributed by atoms with E-state index in [1.807, 2.05) is 13.8 Å². The molecule has 2 aromatic heterocycles. The Labute approximate surface area is 178 Å². The average Bonchev–Trinajstić information content (AvgIpc) is 3.33. The largest absolute Gasteiger partial charge is 0.461 e. The molecule has 0 bridgehead atoms. The Bertz CT molecular complexity index is 913. The standard InChI is InChI=1S/C18H20F2N6O.HI/c1-3-21-18(23-11(2)12-6-7-13(19)14(20)9-12)22-10-16-24-17(26-25-16)15-5-4-8-27-15;/h4-9,11H,3,10H2,1-2H3,(H2,21,22,23)(H,24,25,26);1H. The molecule has 1 unspecified atom stereocenters. The Morgan fingerprint density at radius 1 is 1.29 bits per heavy atom. The number of nitrogens with zero attached hydrogens (tertiary/aromatic N) is 3. The fraction of sp³-hybridized carbons (Fsp3) is 0.278. The van der Waals surface area contributed by atoms with Crippen LogP contribution in [0.1, 0.15) is 31.3 Å². The molecule has 28 heavy (non-hydrogen) atoms. The maximum Gasteiger partial charge on any atom is 0.216 e. The van der Waals surface area contributed by atoms with Gasteiger partial charge in [-0.25, -0.2) is 18.8 Å². The summed E-state index contributed by atoms with van der Waals surface area (Å²) in [4.78, 5) is 8.78. The number of benzene rings is 1. The molecule has 3 rings (SSSR count). The Balaban J connectivity index is 0.00000280. The molecule has 150 valence electrons. The molecule has 10 heteroatoms. The minimum Gasteiger partial charge on any atom is -0.461 e. The zero-order valence-corrected chi connectivity index (χ0v) is 17.7. The summed E-state index contributed by atoms with van der Waals surface area (Å²) in [7, 11) is 0. The molecular formula is C18H21F2IN6O. The number of nitrogens with one attached hydrogen (secondary N) is 3. The summed E-state index contributed by atoms with van der Waals surface area (Å²) in [5, 5.41) is 13.2. The third-order valence-electron chi connectivity index (χ3n) is 3.80. The van der Waals surface area contributed by atoms with Crippen molar-refractivity contribution in [2.45, 2.75) is 26.4 Å². The summed E-state index contributed by atoms with van der Waals surface area (Å²) < 4.78 is 31.8. The first-order chi connectivity index (χ1) is 13.1. The van der Waals surface area contributed by atoms with Crippen LogP contribution in [-0.4, -0.2) is 27.7 Å². The Morgan fingerprint density at radius 3 is 2.79 bits per heavy atom. The maximum absolute atomic E-state index is 13.4. The highest BCUT2D eigenvalue weighted by atomic mass is 127. The molecule has 3 aromatic rings. The van der Waals surface area contributed by atoms with Gasteiger partial charge in [0.2, 0.25) is 5.82 Å². The minimum absolute atomic E-state index is 0. The molecular weight excluding hydrogens is 481 g/mol. The summed E-state index contributed by atoms with van der Waals surface area (Å²) >= 11 is 0. The molecule has 1 atom stereocenters. The number of aliphatic imine (C=N–C) groups is 1. The summed E-state index contributed by atoms with van der Waals surface area (Å²) in [6, 6.07) is 7.07. The van der Waals surface area contributed by atoms with Crippen molar-refractivity contribution in [3.63, 3.8) is 0 Å². The van der Waals surface area contributed by atoms with E-state index >= 15 is 0 Å². The van der Waals surface area contributed by atoms with Gasteiger partial charge in [-0.2, -0.15) is 0 Å². The van der Waals surface area contributed by atoms with Crippen LogP contribution in [0.5, 0.6) is 0 Å². The van der Waals surface area contributed by atoms with Crippen molar-refractivity contribution in [3.05, 3.63) is 59.6 Å². The highest BCUT2D eigenvalue weighted by molar-refractivity contribution is 14.0. The van der Waals surface area contributed by atoms with Gasteiger partial charge in [0, 0.05) is 6.54 Å². The molecule has 0 radical (unpaired) electrons. The lowest BCUT2D eigenvalue weighted by Crippen LogP contribution is -2.38. The normalized spacial score (nSPS) is 12.4. The van der Waals surface area contributed by atoms with E-state index in [2.05, 4.69) is 30.8 Å². The van der Waals surface area contributed by atoms with Gasteiger partial charge in [-0.3, -0.25) is 5.10 Å². The molecule has 0 saturated carbocycles. The zero-order chi connectivity index (χ0) is 19.2. The molecule has 1 aromatic carbocycles. The van der Waals surface area contributed by atoms with Crippen molar-refractivity contribution in [3.8, 4) is 11.6 Å². The molecule has 3 N–H and O–H groups in total. The van der Waals surface area contributed by atoms with Gasteiger partial charge in [0.1, 0.15) is 12.4 Å². The van der Waals surface area contributed by atoms with Crippen LogP contribution in [0.25, 0.3) is 11.6 Å². The van der Waals surface area contributed by atoms with Crippen LogP contribution in [0.3, 0.4) is 0 Å². The van der Waals surface area contributed by atoms with Crippen LogP contribution < -0.4 is 10.6 Å². The highest BCUT2D eigenvalue weighted by Gasteiger charge is 2.12. The van der Waals surface area contributed by atoms with Crippen molar-refractivity contribution in [2.75, 3.05) is 6.54 Å². The molecule has 0 aliphatic heterocycles. The fourth-order valence-electron chi connectivity index (χ4n) is 2.43. The molecule has 0 aliphatic rings. The number of H-pyrrole nitrogens is 1. The van der Waals surface area contributed by atoms with E-state index in [0.717, 1.165) is 6.07 Å². The Kier molecular flexibility index (Phi) is 7.91. The average molecular weight is 502 g/mol. The van der Waals surface area contributed by atoms with E-state index in [4.69, 9.17) is 4.42 Å². The van der Waals surface area contributed by atoms with Gasteiger partial charge in [0.05, 0.1) is 12.3 Å².